The third-order valence-corrected chi connectivity index (χ3v) is 4.81. The van der Waals surface area contributed by atoms with Crippen molar-refractivity contribution in [1.82, 2.24) is 10.2 Å². The molecule has 3 aromatic rings. The Balaban J connectivity index is 2.00. The summed E-state index contributed by atoms with van der Waals surface area (Å²) in [7, 11) is 1.22. The van der Waals surface area contributed by atoms with E-state index in [1.807, 2.05) is 36.4 Å². The number of H-pyrrole nitrogens is 1. The van der Waals surface area contributed by atoms with Crippen molar-refractivity contribution in [2.24, 2.45) is 5.73 Å². The minimum absolute atomic E-state index is 0.0416. The number of hydrogen-bond acceptors (Lipinski definition) is 8. The molecule has 2 heterocycles. The van der Waals surface area contributed by atoms with Crippen molar-refractivity contribution in [3.63, 3.8) is 0 Å². The van der Waals surface area contributed by atoms with E-state index in [0.29, 0.717) is 11.3 Å². The van der Waals surface area contributed by atoms with Gasteiger partial charge in [0.1, 0.15) is 11.6 Å². The van der Waals surface area contributed by atoms with E-state index in [1.54, 1.807) is 0 Å². The predicted octanol–water partition coefficient (Wildman–Crippen LogP) is 2.92. The highest BCUT2D eigenvalue weighted by molar-refractivity contribution is 5.72. The lowest BCUT2D eigenvalue weighted by Crippen LogP contribution is -2.21. The van der Waals surface area contributed by atoms with E-state index < -0.39 is 22.3 Å². The van der Waals surface area contributed by atoms with E-state index in [0.717, 1.165) is 5.56 Å². The number of hydrogen-bond donors (Lipinski definition) is 3. The Bertz CT molecular complexity index is 1230. The smallest absolute Gasteiger partial charge is 0.315 e. The van der Waals surface area contributed by atoms with Gasteiger partial charge in [-0.05, 0) is 17.2 Å². The molecule has 30 heavy (non-hydrogen) atoms. The summed E-state index contributed by atoms with van der Waals surface area (Å²) in [5, 5.41) is 38.7. The highest BCUT2D eigenvalue weighted by Gasteiger charge is 2.37. The Kier molecular flexibility index (Phi) is 4.48. The van der Waals surface area contributed by atoms with Gasteiger partial charge in [-0.15, -0.1) is 5.10 Å². The van der Waals surface area contributed by atoms with E-state index in [-0.39, 0.29) is 28.6 Å². The Morgan fingerprint density at radius 2 is 2.10 bits per heavy atom. The molecular weight excluding hydrogens is 390 g/mol. The fourth-order valence-corrected chi connectivity index (χ4v) is 3.53. The van der Waals surface area contributed by atoms with Crippen LogP contribution in [0.3, 0.4) is 0 Å². The Hall–Kier alpha value is -4.52. The molecule has 0 saturated heterocycles. The third kappa shape index (κ3) is 2.85. The van der Waals surface area contributed by atoms with Gasteiger partial charge in [-0.1, -0.05) is 30.3 Å². The summed E-state index contributed by atoms with van der Waals surface area (Å²) in [5.41, 5.74) is 7.61. The summed E-state index contributed by atoms with van der Waals surface area (Å²) in [6.07, 6.45) is 0. The summed E-state index contributed by atoms with van der Waals surface area (Å²) >= 11 is 0. The molecule has 0 spiro atoms. The van der Waals surface area contributed by atoms with Crippen LogP contribution >= 0.6 is 0 Å². The molecule has 0 bridgehead atoms. The molecule has 1 aromatic heterocycles. The monoisotopic (exact) mass is 405 g/mol. The molecule has 10 heteroatoms. The van der Waals surface area contributed by atoms with Gasteiger partial charge in [-0.3, -0.25) is 15.2 Å². The maximum atomic E-state index is 11.5. The molecule has 1 aliphatic heterocycles. The zero-order valence-corrected chi connectivity index (χ0v) is 15.6. The quantitative estimate of drug-likeness (QED) is 0.441. The van der Waals surface area contributed by atoms with Crippen LogP contribution < -0.4 is 15.2 Å². The standard InChI is InChI=1S/C20H15N5O5/c1-29-18-13(25(27)28)7-11(8-14(18)26)15-12(9-21)19(22)30-20-16(15)17(23-24-20)10-5-3-2-4-6-10/h2-8,15,26H,22H2,1H3,(H,23,24)/t15-/m1/s1. The normalized spacial score (nSPS) is 15.1. The van der Waals surface area contributed by atoms with Crippen LogP contribution in [-0.2, 0) is 0 Å². The molecule has 0 fully saturated rings. The van der Waals surface area contributed by atoms with Gasteiger partial charge in [-0.25, -0.2) is 0 Å². The van der Waals surface area contributed by atoms with E-state index in [1.165, 1.54) is 19.2 Å². The number of aromatic amines is 1. The van der Waals surface area contributed by atoms with Crippen LogP contribution in [0, 0.1) is 21.4 Å². The average Bonchev–Trinajstić information content (AvgIpc) is 3.15. The highest BCUT2D eigenvalue weighted by atomic mass is 16.6. The first-order valence-electron chi connectivity index (χ1n) is 8.72. The maximum Gasteiger partial charge on any atom is 0.315 e. The lowest BCUT2D eigenvalue weighted by Gasteiger charge is -2.24. The minimum Gasteiger partial charge on any atom is -0.504 e. The van der Waals surface area contributed by atoms with E-state index in [2.05, 4.69) is 10.2 Å². The number of phenolic OH excluding ortho intramolecular Hbond substituents is 1. The van der Waals surface area contributed by atoms with Crippen molar-refractivity contribution in [3.8, 4) is 34.7 Å². The number of allylic oxidation sites excluding steroid dienone is 1. The first-order chi connectivity index (χ1) is 14.5. The average molecular weight is 405 g/mol. The fraction of sp³-hybridized carbons (Fsp3) is 0.100. The van der Waals surface area contributed by atoms with Gasteiger partial charge in [0.05, 0.1) is 29.2 Å². The van der Waals surface area contributed by atoms with Crippen molar-refractivity contribution in [3.05, 3.63) is 75.2 Å². The third-order valence-electron chi connectivity index (χ3n) is 4.81. The number of nitro benzene ring substituents is 1. The van der Waals surface area contributed by atoms with Crippen molar-refractivity contribution in [1.29, 1.82) is 5.26 Å². The summed E-state index contributed by atoms with van der Waals surface area (Å²) in [4.78, 5) is 10.9. The Morgan fingerprint density at radius 1 is 1.37 bits per heavy atom. The van der Waals surface area contributed by atoms with Gasteiger partial charge < -0.3 is 20.3 Å². The van der Waals surface area contributed by atoms with Crippen LogP contribution in [0.2, 0.25) is 0 Å². The zero-order valence-electron chi connectivity index (χ0n) is 15.6. The number of fused-ring (bicyclic) bond motifs is 1. The SMILES string of the molecule is COc1c(O)cc([C@@H]2C(C#N)=C(N)Oc3n[nH]c(-c4ccccc4)c32)cc1[N+](=O)[O-]. The van der Waals surface area contributed by atoms with Crippen LogP contribution in [0.25, 0.3) is 11.3 Å². The van der Waals surface area contributed by atoms with Crippen LogP contribution in [0.4, 0.5) is 5.69 Å². The van der Waals surface area contributed by atoms with E-state index in [4.69, 9.17) is 15.2 Å². The topological polar surface area (TPSA) is 160 Å². The number of ether oxygens (including phenoxy) is 2. The molecule has 4 rings (SSSR count). The number of aromatic nitrogens is 2. The number of nitriles is 1. The van der Waals surface area contributed by atoms with Gasteiger partial charge in [0, 0.05) is 6.07 Å². The molecule has 150 valence electrons. The molecule has 1 atom stereocenters. The Labute approximate surface area is 169 Å². The number of rotatable bonds is 4. The highest BCUT2D eigenvalue weighted by Crippen LogP contribution is 2.48. The van der Waals surface area contributed by atoms with Gasteiger partial charge in [0.25, 0.3) is 0 Å². The lowest BCUT2D eigenvalue weighted by molar-refractivity contribution is -0.385. The molecular formula is C20H15N5O5. The first kappa shape index (κ1) is 18.8. The summed E-state index contributed by atoms with van der Waals surface area (Å²) in [6.45, 7) is 0. The van der Waals surface area contributed by atoms with Gasteiger partial charge in [-0.2, -0.15) is 5.26 Å². The summed E-state index contributed by atoms with van der Waals surface area (Å²) < 4.78 is 10.5. The van der Waals surface area contributed by atoms with Gasteiger partial charge in [0.15, 0.2) is 5.75 Å². The second kappa shape index (κ2) is 7.14. The van der Waals surface area contributed by atoms with E-state index in [9.17, 15) is 20.5 Å². The van der Waals surface area contributed by atoms with Crippen LogP contribution in [-0.4, -0.2) is 27.3 Å². The summed E-state index contributed by atoms with van der Waals surface area (Å²) in [6, 6.07) is 13.8. The number of nitrogens with two attached hydrogens (primary N) is 1. The zero-order chi connectivity index (χ0) is 21.4. The number of methoxy groups -OCH3 is 1. The van der Waals surface area contributed by atoms with Crippen molar-refractivity contribution in [2.75, 3.05) is 7.11 Å². The second-order valence-corrected chi connectivity index (χ2v) is 6.46. The van der Waals surface area contributed by atoms with Gasteiger partial charge >= 0.3 is 5.69 Å². The Morgan fingerprint density at radius 3 is 2.73 bits per heavy atom. The lowest BCUT2D eigenvalue weighted by atomic mass is 9.82. The number of benzene rings is 2. The first-order valence-corrected chi connectivity index (χ1v) is 8.72. The van der Waals surface area contributed by atoms with E-state index >= 15 is 0 Å². The molecule has 4 N–H and O–H groups in total. The van der Waals surface area contributed by atoms with Crippen molar-refractivity contribution in [2.45, 2.75) is 5.92 Å². The molecule has 10 nitrogen and oxygen atoms in total. The molecule has 0 unspecified atom stereocenters. The molecule has 0 amide bonds. The molecule has 0 saturated carbocycles. The maximum absolute atomic E-state index is 11.5. The largest absolute Gasteiger partial charge is 0.504 e. The molecule has 2 aromatic carbocycles. The van der Waals surface area contributed by atoms with Gasteiger partial charge in [0.2, 0.25) is 17.5 Å². The fourth-order valence-electron chi connectivity index (χ4n) is 3.53. The molecule has 0 radical (unpaired) electrons. The number of aromatic hydroxyl groups is 1. The minimum atomic E-state index is -0.858. The van der Waals surface area contributed by atoms with Crippen LogP contribution in [0.15, 0.2) is 53.9 Å². The summed E-state index contributed by atoms with van der Waals surface area (Å²) in [5.74, 6) is -1.59. The molecule has 1 aliphatic rings. The van der Waals surface area contributed by atoms with Crippen molar-refractivity contribution < 1.29 is 19.5 Å². The molecule has 0 aliphatic carbocycles. The van der Waals surface area contributed by atoms with Crippen LogP contribution in [0.5, 0.6) is 17.4 Å². The number of nitrogens with one attached hydrogen (secondary N) is 1. The number of nitrogens with zero attached hydrogens (tertiary/aromatic N) is 3. The predicted molar refractivity (Wildman–Crippen MR) is 105 cm³/mol. The van der Waals surface area contributed by atoms with Crippen LogP contribution in [0.1, 0.15) is 17.0 Å². The number of nitro groups is 1. The number of phenols is 1. The second-order valence-electron chi connectivity index (χ2n) is 6.46. The van der Waals surface area contributed by atoms with Crippen molar-refractivity contribution >= 4 is 5.69 Å².